The van der Waals surface area contributed by atoms with Crippen molar-refractivity contribution in [1.82, 2.24) is 0 Å². The monoisotopic (exact) mass is 308 g/mol. The summed E-state index contributed by atoms with van der Waals surface area (Å²) in [6, 6.07) is 0. The summed E-state index contributed by atoms with van der Waals surface area (Å²) in [4.78, 5) is 0. The predicted octanol–water partition coefficient (Wildman–Crippen LogP) is 4.65. The molecule has 0 heterocycles. The zero-order chi connectivity index (χ0) is 15.8. The van der Waals surface area contributed by atoms with Crippen molar-refractivity contribution < 1.29 is 9.22 Å². The Labute approximate surface area is 138 Å². The molecule has 0 aromatic heterocycles. The highest BCUT2D eigenvalue weighted by Gasteiger charge is 2.35. The Morgan fingerprint density at radius 2 is 1.64 bits per heavy atom. The summed E-state index contributed by atoms with van der Waals surface area (Å²) >= 11 is 0. The van der Waals surface area contributed by atoms with E-state index < -0.39 is 0 Å². The van der Waals surface area contributed by atoms with Crippen LogP contribution in [-0.4, -0.2) is 43.9 Å². The minimum atomic E-state index is 0.826. The molecule has 2 aliphatic rings. The Kier molecular flexibility index (Phi) is 7.43. The molecule has 2 bridgehead atoms. The van der Waals surface area contributed by atoms with Crippen molar-refractivity contribution in [3.63, 3.8) is 0 Å². The van der Waals surface area contributed by atoms with Gasteiger partial charge in [0.05, 0.1) is 26.2 Å². The summed E-state index contributed by atoms with van der Waals surface area (Å²) in [7, 11) is 0. The first-order valence-corrected chi connectivity index (χ1v) is 9.84. The Bertz CT molecular complexity index is 326. The first kappa shape index (κ1) is 18.0. The van der Waals surface area contributed by atoms with Crippen molar-refractivity contribution >= 4 is 0 Å². The molecule has 0 amide bonds. The molecule has 2 nitrogen and oxygen atoms in total. The number of ether oxygens (including phenoxy) is 1. The first-order chi connectivity index (χ1) is 10.7. The summed E-state index contributed by atoms with van der Waals surface area (Å²) in [5.41, 5.74) is 0. The van der Waals surface area contributed by atoms with Gasteiger partial charge < -0.3 is 9.22 Å². The smallest absolute Gasteiger partial charge is 0.0786 e. The molecule has 22 heavy (non-hydrogen) atoms. The zero-order valence-corrected chi connectivity index (χ0v) is 15.2. The second kappa shape index (κ2) is 9.08. The summed E-state index contributed by atoms with van der Waals surface area (Å²) in [5, 5.41) is 0. The second-order valence-corrected chi connectivity index (χ2v) is 7.54. The molecular formula is C20H38NO+. The van der Waals surface area contributed by atoms with Gasteiger partial charge in [0, 0.05) is 13.2 Å². The second-order valence-electron chi connectivity index (χ2n) is 7.54. The van der Waals surface area contributed by atoms with Crippen LogP contribution >= 0.6 is 0 Å². The summed E-state index contributed by atoms with van der Waals surface area (Å²) < 4.78 is 7.24. The van der Waals surface area contributed by atoms with Crippen LogP contribution in [0.25, 0.3) is 0 Å². The molecule has 0 spiro atoms. The van der Waals surface area contributed by atoms with Crippen LogP contribution < -0.4 is 0 Å². The fourth-order valence-corrected chi connectivity index (χ4v) is 4.47. The molecule has 2 aliphatic carbocycles. The van der Waals surface area contributed by atoms with Gasteiger partial charge in [0.25, 0.3) is 0 Å². The van der Waals surface area contributed by atoms with E-state index in [4.69, 9.17) is 4.74 Å². The van der Waals surface area contributed by atoms with E-state index >= 15 is 0 Å². The van der Waals surface area contributed by atoms with Crippen molar-refractivity contribution in [2.24, 2.45) is 17.8 Å². The average molecular weight is 309 g/mol. The van der Waals surface area contributed by atoms with E-state index in [0.717, 1.165) is 31.0 Å². The van der Waals surface area contributed by atoms with Crippen molar-refractivity contribution in [3.8, 4) is 0 Å². The van der Waals surface area contributed by atoms with E-state index in [-0.39, 0.29) is 0 Å². The minimum Gasteiger partial charge on any atom is -0.381 e. The normalized spacial score (nSPS) is 27.0. The number of unbranched alkanes of at least 4 members (excludes halogenated alkanes) is 3. The fraction of sp³-hybridized carbons (Fsp3) is 0.900. The molecule has 0 aromatic rings. The molecule has 3 atom stereocenters. The van der Waals surface area contributed by atoms with E-state index in [9.17, 15) is 0 Å². The SMILES string of the molecule is CC[N+](CC)(CC)CCCCCCOCC1C[C@H]2C=C[C@@H]1C2. The molecule has 2 heteroatoms. The molecule has 0 saturated heterocycles. The molecule has 1 fully saturated rings. The zero-order valence-electron chi connectivity index (χ0n) is 15.2. The van der Waals surface area contributed by atoms with Crippen LogP contribution in [0.2, 0.25) is 0 Å². The molecule has 0 N–H and O–H groups in total. The number of quaternary nitrogens is 1. The van der Waals surface area contributed by atoms with Gasteiger partial charge in [0.1, 0.15) is 0 Å². The maximum Gasteiger partial charge on any atom is 0.0786 e. The van der Waals surface area contributed by atoms with Gasteiger partial charge in [-0.25, -0.2) is 0 Å². The van der Waals surface area contributed by atoms with Crippen LogP contribution in [0.1, 0.15) is 59.3 Å². The molecule has 1 unspecified atom stereocenters. The molecule has 0 radical (unpaired) electrons. The highest BCUT2D eigenvalue weighted by molar-refractivity contribution is 5.09. The number of hydrogen-bond donors (Lipinski definition) is 0. The van der Waals surface area contributed by atoms with Crippen molar-refractivity contribution in [1.29, 1.82) is 0 Å². The standard InChI is InChI=1S/C20H38NO/c1-4-21(5-2,6-3)13-9-7-8-10-14-22-17-20-16-18-11-12-19(20)15-18/h11-12,18-20H,4-10,13-17H2,1-3H3/q+1/t18-,19+,20?/m0/s1. The van der Waals surface area contributed by atoms with Crippen LogP contribution in [0.5, 0.6) is 0 Å². The van der Waals surface area contributed by atoms with Gasteiger partial charge in [-0.05, 0) is 70.6 Å². The molecular weight excluding hydrogens is 270 g/mol. The minimum absolute atomic E-state index is 0.826. The van der Waals surface area contributed by atoms with Crippen LogP contribution in [0.15, 0.2) is 12.2 Å². The van der Waals surface area contributed by atoms with Gasteiger partial charge in [0.15, 0.2) is 0 Å². The number of nitrogens with zero attached hydrogens (tertiary/aromatic N) is 1. The number of fused-ring (bicyclic) bond motifs is 2. The van der Waals surface area contributed by atoms with Gasteiger partial charge in [-0.2, -0.15) is 0 Å². The number of rotatable bonds is 12. The lowest BCUT2D eigenvalue weighted by Gasteiger charge is -2.35. The van der Waals surface area contributed by atoms with Gasteiger partial charge in [-0.3, -0.25) is 0 Å². The van der Waals surface area contributed by atoms with Gasteiger partial charge >= 0.3 is 0 Å². The Balaban J connectivity index is 1.44. The summed E-state index contributed by atoms with van der Waals surface area (Å²) in [6.07, 6.45) is 13.0. The Hall–Kier alpha value is -0.340. The van der Waals surface area contributed by atoms with Gasteiger partial charge in [0.2, 0.25) is 0 Å². The summed E-state index contributed by atoms with van der Waals surface area (Å²) in [5.74, 6) is 2.55. The van der Waals surface area contributed by atoms with E-state index in [0.29, 0.717) is 0 Å². The van der Waals surface area contributed by atoms with Crippen LogP contribution in [-0.2, 0) is 4.74 Å². The number of hydrogen-bond acceptors (Lipinski definition) is 1. The van der Waals surface area contributed by atoms with Gasteiger partial charge in [-0.15, -0.1) is 0 Å². The lowest BCUT2D eigenvalue weighted by molar-refractivity contribution is -0.923. The largest absolute Gasteiger partial charge is 0.381 e. The average Bonchev–Trinajstić information content (AvgIpc) is 3.17. The third kappa shape index (κ3) is 4.83. The molecule has 2 rings (SSSR count). The fourth-order valence-electron chi connectivity index (χ4n) is 4.47. The number of allylic oxidation sites excluding steroid dienone is 2. The topological polar surface area (TPSA) is 9.23 Å². The third-order valence-corrected chi connectivity index (χ3v) is 6.43. The van der Waals surface area contributed by atoms with E-state index in [1.54, 1.807) is 0 Å². The highest BCUT2D eigenvalue weighted by atomic mass is 16.5. The predicted molar refractivity (Wildman–Crippen MR) is 94.9 cm³/mol. The molecule has 0 aliphatic heterocycles. The van der Waals surface area contributed by atoms with Crippen LogP contribution in [0, 0.1) is 17.8 Å². The quantitative estimate of drug-likeness (QED) is 0.290. The van der Waals surface area contributed by atoms with E-state index in [2.05, 4.69) is 32.9 Å². The molecule has 0 aromatic carbocycles. The maximum atomic E-state index is 5.94. The Morgan fingerprint density at radius 3 is 2.23 bits per heavy atom. The van der Waals surface area contributed by atoms with Crippen molar-refractivity contribution in [2.75, 3.05) is 39.4 Å². The lowest BCUT2D eigenvalue weighted by atomic mass is 9.95. The third-order valence-electron chi connectivity index (χ3n) is 6.43. The van der Waals surface area contributed by atoms with Gasteiger partial charge in [-0.1, -0.05) is 18.6 Å². The van der Waals surface area contributed by atoms with Crippen LogP contribution in [0.3, 0.4) is 0 Å². The van der Waals surface area contributed by atoms with E-state index in [1.165, 1.54) is 69.2 Å². The molecule has 128 valence electrons. The summed E-state index contributed by atoms with van der Waals surface area (Å²) in [6.45, 7) is 14.2. The highest BCUT2D eigenvalue weighted by Crippen LogP contribution is 2.43. The first-order valence-electron chi connectivity index (χ1n) is 9.84. The van der Waals surface area contributed by atoms with E-state index in [1.807, 2.05) is 0 Å². The van der Waals surface area contributed by atoms with Crippen LogP contribution in [0.4, 0.5) is 0 Å². The Morgan fingerprint density at radius 1 is 0.909 bits per heavy atom. The van der Waals surface area contributed by atoms with Crippen molar-refractivity contribution in [2.45, 2.75) is 59.3 Å². The molecule has 1 saturated carbocycles. The van der Waals surface area contributed by atoms with Crippen molar-refractivity contribution in [3.05, 3.63) is 12.2 Å². The lowest BCUT2D eigenvalue weighted by Crippen LogP contribution is -2.48. The maximum absolute atomic E-state index is 5.94.